The molecule has 0 spiro atoms. The van der Waals surface area contributed by atoms with Crippen LogP contribution in [0.1, 0.15) is 62.1 Å². The van der Waals surface area contributed by atoms with Crippen molar-refractivity contribution in [1.82, 2.24) is 30.5 Å². The van der Waals surface area contributed by atoms with Crippen molar-refractivity contribution in [3.63, 3.8) is 0 Å². The lowest BCUT2D eigenvalue weighted by Crippen LogP contribution is -2.35. The van der Waals surface area contributed by atoms with Crippen LogP contribution in [0.5, 0.6) is 11.8 Å². The summed E-state index contributed by atoms with van der Waals surface area (Å²) in [5, 5.41) is 11.5. The van der Waals surface area contributed by atoms with Gasteiger partial charge in [-0.15, -0.1) is 0 Å². The molecule has 0 aromatic carbocycles. The second-order valence-electron chi connectivity index (χ2n) is 9.17. The SMILES string of the molecule is CC[C@@H](C)NC(=O)c1cc(N2CCC(c3n[nH]c4nccc(OC)c34)CC2)nc(O[C@H](C)COC)n1. The fourth-order valence-corrected chi connectivity index (χ4v) is 4.39. The average molecular weight is 498 g/mol. The van der Waals surface area contributed by atoms with E-state index >= 15 is 0 Å². The highest BCUT2D eigenvalue weighted by atomic mass is 16.5. The summed E-state index contributed by atoms with van der Waals surface area (Å²) >= 11 is 0. The van der Waals surface area contributed by atoms with Gasteiger partial charge in [0.25, 0.3) is 5.91 Å². The van der Waals surface area contributed by atoms with Crippen LogP contribution in [0.3, 0.4) is 0 Å². The van der Waals surface area contributed by atoms with Gasteiger partial charge in [-0.05, 0) is 39.2 Å². The van der Waals surface area contributed by atoms with Crippen LogP contribution in [0, 0.1) is 0 Å². The molecule has 1 fully saturated rings. The number of fused-ring (bicyclic) bond motifs is 1. The Morgan fingerprint density at radius 1 is 1.25 bits per heavy atom. The first-order chi connectivity index (χ1) is 17.4. The third-order valence-electron chi connectivity index (χ3n) is 6.50. The van der Waals surface area contributed by atoms with Crippen molar-refractivity contribution in [3.05, 3.63) is 29.7 Å². The van der Waals surface area contributed by atoms with Gasteiger partial charge in [0, 0.05) is 44.4 Å². The molecule has 1 aliphatic heterocycles. The minimum absolute atomic E-state index is 0.0404. The molecule has 0 unspecified atom stereocenters. The fourth-order valence-electron chi connectivity index (χ4n) is 4.39. The van der Waals surface area contributed by atoms with E-state index in [1.54, 1.807) is 26.5 Å². The van der Waals surface area contributed by atoms with Crippen molar-refractivity contribution in [1.29, 1.82) is 0 Å². The van der Waals surface area contributed by atoms with Crippen molar-refractivity contribution in [2.75, 3.05) is 38.8 Å². The maximum Gasteiger partial charge on any atom is 0.319 e. The molecule has 4 heterocycles. The van der Waals surface area contributed by atoms with Crippen LogP contribution in [0.15, 0.2) is 18.3 Å². The van der Waals surface area contributed by atoms with E-state index in [0.717, 1.165) is 54.8 Å². The molecule has 1 aliphatic rings. The van der Waals surface area contributed by atoms with Crippen molar-refractivity contribution in [2.24, 2.45) is 0 Å². The predicted octanol–water partition coefficient (Wildman–Crippen LogP) is 3.08. The van der Waals surface area contributed by atoms with E-state index in [-0.39, 0.29) is 35.7 Å². The van der Waals surface area contributed by atoms with Crippen molar-refractivity contribution < 1.29 is 19.0 Å². The number of anilines is 1. The zero-order chi connectivity index (χ0) is 25.7. The minimum Gasteiger partial charge on any atom is -0.496 e. The number of methoxy groups -OCH3 is 2. The van der Waals surface area contributed by atoms with E-state index < -0.39 is 0 Å². The number of carbonyl (C=O) groups is 1. The van der Waals surface area contributed by atoms with Crippen molar-refractivity contribution >= 4 is 22.8 Å². The highest BCUT2D eigenvalue weighted by Crippen LogP contribution is 2.36. The number of H-pyrrole nitrogens is 1. The largest absolute Gasteiger partial charge is 0.496 e. The van der Waals surface area contributed by atoms with E-state index in [1.165, 1.54) is 0 Å². The Balaban J connectivity index is 1.54. The second-order valence-corrected chi connectivity index (χ2v) is 9.17. The molecule has 0 saturated carbocycles. The third kappa shape index (κ3) is 5.67. The zero-order valence-corrected chi connectivity index (χ0v) is 21.6. The quantitative estimate of drug-likeness (QED) is 0.434. The summed E-state index contributed by atoms with van der Waals surface area (Å²) < 4.78 is 16.6. The lowest BCUT2D eigenvalue weighted by molar-refractivity contribution is 0.0841. The maximum atomic E-state index is 12.9. The summed E-state index contributed by atoms with van der Waals surface area (Å²) in [4.78, 5) is 28.4. The van der Waals surface area contributed by atoms with Crippen molar-refractivity contribution in [2.45, 2.75) is 58.1 Å². The predicted molar refractivity (Wildman–Crippen MR) is 136 cm³/mol. The molecular formula is C25H35N7O4. The van der Waals surface area contributed by atoms with E-state index in [9.17, 15) is 4.79 Å². The Bertz CT molecular complexity index is 1180. The van der Waals surface area contributed by atoms with Gasteiger partial charge in [0.2, 0.25) is 0 Å². The highest BCUT2D eigenvalue weighted by molar-refractivity contribution is 5.93. The monoisotopic (exact) mass is 497 g/mol. The lowest BCUT2D eigenvalue weighted by Gasteiger charge is -2.32. The number of amides is 1. The smallest absolute Gasteiger partial charge is 0.319 e. The Hall–Kier alpha value is -3.47. The number of carbonyl (C=O) groups excluding carboxylic acids is 1. The normalized spacial score (nSPS) is 16.1. The molecule has 1 amide bonds. The molecule has 2 N–H and O–H groups in total. The van der Waals surface area contributed by atoms with Crippen LogP contribution in [0.2, 0.25) is 0 Å². The molecule has 194 valence electrons. The number of pyridine rings is 1. The summed E-state index contributed by atoms with van der Waals surface area (Å²) in [6.07, 6.45) is 4.02. The molecule has 3 aromatic rings. The van der Waals surface area contributed by atoms with Crippen LogP contribution >= 0.6 is 0 Å². The Labute approximate surface area is 211 Å². The molecular weight excluding hydrogens is 462 g/mol. The lowest BCUT2D eigenvalue weighted by atomic mass is 9.92. The average Bonchev–Trinajstić information content (AvgIpc) is 3.33. The van der Waals surface area contributed by atoms with Gasteiger partial charge in [0.15, 0.2) is 5.65 Å². The maximum absolute atomic E-state index is 12.9. The van der Waals surface area contributed by atoms with Crippen LogP contribution in [0.25, 0.3) is 11.0 Å². The van der Waals surface area contributed by atoms with Crippen LogP contribution in [-0.4, -0.2) is 77.1 Å². The van der Waals surface area contributed by atoms with Gasteiger partial charge in [-0.3, -0.25) is 9.89 Å². The summed E-state index contributed by atoms with van der Waals surface area (Å²) in [7, 11) is 3.27. The van der Waals surface area contributed by atoms with E-state index in [2.05, 4.69) is 35.4 Å². The molecule has 0 bridgehead atoms. The number of ether oxygens (including phenoxy) is 3. The Morgan fingerprint density at radius 2 is 2.03 bits per heavy atom. The van der Waals surface area contributed by atoms with Gasteiger partial charge in [0.1, 0.15) is 23.4 Å². The number of aromatic nitrogens is 5. The summed E-state index contributed by atoms with van der Waals surface area (Å²) in [5.74, 6) is 1.45. The van der Waals surface area contributed by atoms with Gasteiger partial charge in [-0.1, -0.05) is 6.92 Å². The van der Waals surface area contributed by atoms with E-state index in [1.807, 2.05) is 26.8 Å². The standard InChI is InChI=1S/C25H35N7O4/c1-6-15(2)27-24(33)18-13-20(29-25(28-18)36-16(3)14-34-4)32-11-8-17(9-12-32)22-21-19(35-5)7-10-26-23(21)31-30-22/h7,10,13,15-17H,6,8-9,11-12,14H2,1-5H3,(H,27,33)(H,26,30,31)/t15-,16-/m1/s1. The molecule has 36 heavy (non-hydrogen) atoms. The molecule has 0 aliphatic carbocycles. The van der Waals surface area contributed by atoms with Gasteiger partial charge in [0.05, 0.1) is 24.8 Å². The Kier molecular flexibility index (Phi) is 8.19. The molecule has 3 aromatic heterocycles. The topological polar surface area (TPSA) is 127 Å². The second kappa shape index (κ2) is 11.5. The van der Waals surface area contributed by atoms with Gasteiger partial charge < -0.3 is 24.4 Å². The van der Waals surface area contributed by atoms with Crippen LogP contribution in [0.4, 0.5) is 5.82 Å². The van der Waals surface area contributed by atoms with Crippen LogP contribution in [-0.2, 0) is 4.74 Å². The third-order valence-corrected chi connectivity index (χ3v) is 6.50. The van der Waals surface area contributed by atoms with E-state index in [4.69, 9.17) is 14.2 Å². The molecule has 11 nitrogen and oxygen atoms in total. The van der Waals surface area contributed by atoms with Gasteiger partial charge in [-0.2, -0.15) is 15.1 Å². The zero-order valence-electron chi connectivity index (χ0n) is 21.6. The van der Waals surface area contributed by atoms with E-state index in [0.29, 0.717) is 12.4 Å². The molecule has 4 rings (SSSR count). The first kappa shape index (κ1) is 25.6. The molecule has 11 heteroatoms. The summed E-state index contributed by atoms with van der Waals surface area (Å²) in [6, 6.07) is 3.80. The first-order valence-corrected chi connectivity index (χ1v) is 12.4. The number of nitrogens with zero attached hydrogens (tertiary/aromatic N) is 5. The summed E-state index contributed by atoms with van der Waals surface area (Å²) in [5.41, 5.74) is 1.99. The van der Waals surface area contributed by atoms with Gasteiger partial charge in [-0.25, -0.2) is 4.98 Å². The minimum atomic E-state index is -0.252. The van der Waals surface area contributed by atoms with Crippen molar-refractivity contribution in [3.8, 4) is 11.8 Å². The highest BCUT2D eigenvalue weighted by Gasteiger charge is 2.28. The molecule has 2 atom stereocenters. The molecule has 0 radical (unpaired) electrons. The van der Waals surface area contributed by atoms with Gasteiger partial charge >= 0.3 is 6.01 Å². The molecule has 1 saturated heterocycles. The number of nitrogens with one attached hydrogen (secondary N) is 2. The number of piperidine rings is 1. The summed E-state index contributed by atoms with van der Waals surface area (Å²) in [6.45, 7) is 7.75. The first-order valence-electron chi connectivity index (χ1n) is 12.4. The number of aromatic amines is 1. The Morgan fingerprint density at radius 3 is 2.72 bits per heavy atom. The number of hydrogen-bond donors (Lipinski definition) is 2. The number of rotatable bonds is 10. The number of hydrogen-bond acceptors (Lipinski definition) is 9. The van der Waals surface area contributed by atoms with Crippen LogP contribution < -0.4 is 19.7 Å². The fraction of sp³-hybridized carbons (Fsp3) is 0.560.